The Bertz CT molecular complexity index is 502. The summed E-state index contributed by atoms with van der Waals surface area (Å²) in [5.74, 6) is -2.02. The molecular weight excluding hydrogens is 220 g/mol. The molecule has 0 bridgehead atoms. The number of aromatic nitrogens is 2. The molecule has 0 aromatic carbocycles. The number of ketones is 1. The van der Waals surface area contributed by atoms with Gasteiger partial charge in [0.1, 0.15) is 5.69 Å². The Hall–Kier alpha value is -2.02. The van der Waals surface area contributed by atoms with Gasteiger partial charge in [0.2, 0.25) is 11.5 Å². The van der Waals surface area contributed by atoms with Crippen LogP contribution in [-0.4, -0.2) is 25.6 Å². The summed E-state index contributed by atoms with van der Waals surface area (Å²) in [5.41, 5.74) is 0.145. The number of carbonyl (C=O) groups excluding carboxylic acids is 1. The quantitative estimate of drug-likeness (QED) is 0.783. The minimum Gasteiger partial charge on any atom is -0.475 e. The van der Waals surface area contributed by atoms with Crippen molar-refractivity contribution in [1.82, 2.24) is 8.75 Å². The minimum atomic E-state index is -1.22. The van der Waals surface area contributed by atoms with Gasteiger partial charge in [0.15, 0.2) is 5.76 Å². The van der Waals surface area contributed by atoms with Crippen LogP contribution >= 0.6 is 11.7 Å². The Morgan fingerprint density at radius 2 is 2.07 bits per heavy atom. The van der Waals surface area contributed by atoms with Crippen molar-refractivity contribution in [2.24, 2.45) is 0 Å². The summed E-state index contributed by atoms with van der Waals surface area (Å²) in [6.45, 7) is 0. The van der Waals surface area contributed by atoms with Crippen LogP contribution in [0.25, 0.3) is 0 Å². The lowest BCUT2D eigenvalue weighted by Crippen LogP contribution is -2.00. The van der Waals surface area contributed by atoms with E-state index in [0.29, 0.717) is 0 Å². The standard InChI is InChI=1S/C8H4N2O4S/c11-7(4-3-9-15-10-4)5-1-2-6(14-5)8(12)13/h1-3H,(H,12,13). The molecule has 0 saturated heterocycles. The molecule has 0 spiro atoms. The molecule has 1 N–H and O–H groups in total. The number of nitrogens with zero attached hydrogens (tertiary/aromatic N) is 2. The molecule has 76 valence electrons. The molecule has 0 saturated carbocycles. The van der Waals surface area contributed by atoms with Gasteiger partial charge in [0.25, 0.3) is 0 Å². The Balaban J connectivity index is 2.31. The van der Waals surface area contributed by atoms with Gasteiger partial charge in [-0.2, -0.15) is 8.75 Å². The van der Waals surface area contributed by atoms with Gasteiger partial charge in [-0.25, -0.2) is 4.79 Å². The fraction of sp³-hybridized carbons (Fsp3) is 0. The lowest BCUT2D eigenvalue weighted by Gasteiger charge is -1.89. The monoisotopic (exact) mass is 224 g/mol. The van der Waals surface area contributed by atoms with Crippen molar-refractivity contribution < 1.29 is 19.1 Å². The fourth-order valence-corrected chi connectivity index (χ4v) is 1.38. The molecule has 0 atom stereocenters. The van der Waals surface area contributed by atoms with Gasteiger partial charge in [-0.1, -0.05) is 0 Å². The topological polar surface area (TPSA) is 93.3 Å². The molecule has 2 aromatic heterocycles. The summed E-state index contributed by atoms with van der Waals surface area (Å²) >= 11 is 0.897. The lowest BCUT2D eigenvalue weighted by atomic mass is 10.2. The van der Waals surface area contributed by atoms with Gasteiger partial charge >= 0.3 is 5.97 Å². The third-order valence-electron chi connectivity index (χ3n) is 1.63. The number of aromatic carboxylic acids is 1. The van der Waals surface area contributed by atoms with Crippen LogP contribution in [0.15, 0.2) is 22.7 Å². The number of carboxylic acid groups (broad SMARTS) is 1. The normalized spacial score (nSPS) is 10.1. The number of hydrogen-bond donors (Lipinski definition) is 1. The molecule has 0 amide bonds. The summed E-state index contributed by atoms with van der Waals surface area (Å²) in [5, 5.41) is 8.58. The molecule has 7 heteroatoms. The number of hydrogen-bond acceptors (Lipinski definition) is 6. The second-order valence-corrected chi connectivity index (χ2v) is 3.15. The molecule has 2 aromatic rings. The summed E-state index contributed by atoms with van der Waals surface area (Å²) in [6, 6.07) is 2.51. The van der Waals surface area contributed by atoms with Crippen LogP contribution in [0.5, 0.6) is 0 Å². The third kappa shape index (κ3) is 1.77. The van der Waals surface area contributed by atoms with Crippen molar-refractivity contribution in [3.05, 3.63) is 35.5 Å². The van der Waals surface area contributed by atoms with Gasteiger partial charge in [-0.15, -0.1) is 0 Å². The Labute approximate surface area is 87.5 Å². The molecule has 15 heavy (non-hydrogen) atoms. The van der Waals surface area contributed by atoms with Gasteiger partial charge in [-0.3, -0.25) is 4.79 Å². The van der Waals surface area contributed by atoms with Crippen LogP contribution in [0.2, 0.25) is 0 Å². The van der Waals surface area contributed by atoms with Crippen molar-refractivity contribution in [1.29, 1.82) is 0 Å². The smallest absolute Gasteiger partial charge is 0.371 e. The van der Waals surface area contributed by atoms with E-state index in [2.05, 4.69) is 8.75 Å². The van der Waals surface area contributed by atoms with E-state index >= 15 is 0 Å². The first kappa shape index (κ1) is 9.53. The van der Waals surface area contributed by atoms with E-state index in [1.54, 1.807) is 0 Å². The van der Waals surface area contributed by atoms with E-state index in [1.807, 2.05) is 0 Å². The molecule has 0 aliphatic heterocycles. The summed E-state index contributed by atoms with van der Waals surface area (Å²) < 4.78 is 12.2. The molecular formula is C8H4N2O4S. The van der Waals surface area contributed by atoms with Crippen LogP contribution < -0.4 is 0 Å². The minimum absolute atomic E-state index is 0.0555. The second kappa shape index (κ2) is 3.62. The van der Waals surface area contributed by atoms with Crippen molar-refractivity contribution >= 4 is 23.5 Å². The van der Waals surface area contributed by atoms with Crippen LogP contribution in [0.4, 0.5) is 0 Å². The second-order valence-electron chi connectivity index (χ2n) is 2.59. The van der Waals surface area contributed by atoms with E-state index in [4.69, 9.17) is 9.52 Å². The average molecular weight is 224 g/mol. The van der Waals surface area contributed by atoms with Crippen molar-refractivity contribution in [3.8, 4) is 0 Å². The molecule has 2 rings (SSSR count). The summed E-state index contributed by atoms with van der Waals surface area (Å²) in [6.07, 6.45) is 1.30. The molecule has 0 aliphatic carbocycles. The van der Waals surface area contributed by atoms with E-state index in [1.165, 1.54) is 18.3 Å². The van der Waals surface area contributed by atoms with Crippen LogP contribution in [0.1, 0.15) is 26.8 Å². The lowest BCUT2D eigenvalue weighted by molar-refractivity contribution is 0.0660. The van der Waals surface area contributed by atoms with Gasteiger partial charge < -0.3 is 9.52 Å². The highest BCUT2D eigenvalue weighted by Crippen LogP contribution is 2.12. The van der Waals surface area contributed by atoms with Crippen LogP contribution in [0.3, 0.4) is 0 Å². The number of furan rings is 1. The molecule has 6 nitrogen and oxygen atoms in total. The maximum atomic E-state index is 11.6. The largest absolute Gasteiger partial charge is 0.475 e. The SMILES string of the molecule is O=C(O)c1ccc(C(=O)c2cnsn2)o1. The van der Waals surface area contributed by atoms with Gasteiger partial charge in [0.05, 0.1) is 17.9 Å². The van der Waals surface area contributed by atoms with E-state index in [0.717, 1.165) is 11.7 Å². The first-order valence-electron chi connectivity index (χ1n) is 3.84. The zero-order chi connectivity index (χ0) is 10.8. The molecule has 2 heterocycles. The molecule has 0 aliphatic rings. The number of carboxylic acids is 1. The molecule has 0 radical (unpaired) electrons. The van der Waals surface area contributed by atoms with Crippen molar-refractivity contribution in [2.45, 2.75) is 0 Å². The highest BCUT2D eigenvalue weighted by atomic mass is 32.1. The highest BCUT2D eigenvalue weighted by molar-refractivity contribution is 6.99. The predicted octanol–water partition coefficient (Wildman–Crippen LogP) is 1.06. The van der Waals surface area contributed by atoms with Gasteiger partial charge in [0, 0.05) is 0 Å². The maximum Gasteiger partial charge on any atom is 0.371 e. The zero-order valence-corrected chi connectivity index (χ0v) is 8.02. The average Bonchev–Trinajstić information content (AvgIpc) is 2.88. The Kier molecular flexibility index (Phi) is 2.30. The van der Waals surface area contributed by atoms with E-state index < -0.39 is 11.8 Å². The first-order chi connectivity index (χ1) is 7.18. The predicted molar refractivity (Wildman–Crippen MR) is 49.0 cm³/mol. The van der Waals surface area contributed by atoms with Gasteiger partial charge in [-0.05, 0) is 12.1 Å². The third-order valence-corrected chi connectivity index (χ3v) is 2.11. The molecule has 0 fully saturated rings. The van der Waals surface area contributed by atoms with Crippen molar-refractivity contribution in [3.63, 3.8) is 0 Å². The summed E-state index contributed by atoms with van der Waals surface area (Å²) in [7, 11) is 0. The van der Waals surface area contributed by atoms with E-state index in [-0.39, 0.29) is 17.2 Å². The fourth-order valence-electron chi connectivity index (χ4n) is 0.966. The molecule has 0 unspecified atom stereocenters. The first-order valence-corrected chi connectivity index (χ1v) is 4.57. The van der Waals surface area contributed by atoms with Crippen molar-refractivity contribution in [2.75, 3.05) is 0 Å². The highest BCUT2D eigenvalue weighted by Gasteiger charge is 2.18. The van der Waals surface area contributed by atoms with Crippen LogP contribution in [-0.2, 0) is 0 Å². The maximum absolute atomic E-state index is 11.6. The zero-order valence-electron chi connectivity index (χ0n) is 7.21. The number of rotatable bonds is 3. The Morgan fingerprint density at radius 3 is 2.60 bits per heavy atom. The van der Waals surface area contributed by atoms with E-state index in [9.17, 15) is 9.59 Å². The number of carbonyl (C=O) groups is 2. The summed E-state index contributed by atoms with van der Waals surface area (Å²) in [4.78, 5) is 22.1. The Morgan fingerprint density at radius 1 is 1.33 bits per heavy atom. The van der Waals surface area contributed by atoms with Crippen LogP contribution in [0, 0.1) is 0 Å².